The summed E-state index contributed by atoms with van der Waals surface area (Å²) >= 11 is 0. The van der Waals surface area contributed by atoms with Gasteiger partial charge in [-0.3, -0.25) is 5.32 Å². The van der Waals surface area contributed by atoms with Crippen molar-refractivity contribution < 1.29 is 9.53 Å². The molecule has 0 saturated heterocycles. The van der Waals surface area contributed by atoms with E-state index in [-0.39, 0.29) is 0 Å². The number of aromatic nitrogens is 2. The Balaban J connectivity index is 2.18. The van der Waals surface area contributed by atoms with Crippen LogP contribution < -0.4 is 5.32 Å². The molecule has 0 aliphatic heterocycles. The minimum Gasteiger partial charge on any atom is -0.444 e. The number of amides is 1. The van der Waals surface area contributed by atoms with Crippen LogP contribution in [0.4, 0.5) is 10.6 Å². The van der Waals surface area contributed by atoms with E-state index in [4.69, 9.17) is 10.00 Å². The Hall–Kier alpha value is -2.81. The Kier molecular flexibility index (Phi) is 3.94. The molecular formula is C15H16N4O2. The predicted molar refractivity (Wildman–Crippen MR) is 78.1 cm³/mol. The Bertz CT molecular complexity index is 675. The van der Waals surface area contributed by atoms with Crippen molar-refractivity contribution in [3.05, 3.63) is 42.1 Å². The molecule has 0 aliphatic carbocycles. The van der Waals surface area contributed by atoms with Crippen molar-refractivity contribution in [2.24, 2.45) is 0 Å². The number of benzene rings is 1. The number of hydrogen-bond acceptors (Lipinski definition) is 4. The second-order valence-corrected chi connectivity index (χ2v) is 5.41. The third kappa shape index (κ3) is 3.83. The number of nitriles is 1. The van der Waals surface area contributed by atoms with Gasteiger partial charge in [0.1, 0.15) is 11.4 Å². The first-order valence-corrected chi connectivity index (χ1v) is 6.43. The van der Waals surface area contributed by atoms with E-state index < -0.39 is 11.7 Å². The van der Waals surface area contributed by atoms with Gasteiger partial charge in [-0.1, -0.05) is 0 Å². The quantitative estimate of drug-likeness (QED) is 0.919. The number of rotatable bonds is 2. The summed E-state index contributed by atoms with van der Waals surface area (Å²) in [7, 11) is 0. The van der Waals surface area contributed by atoms with Gasteiger partial charge in [0.2, 0.25) is 0 Å². The van der Waals surface area contributed by atoms with Crippen LogP contribution in [0.1, 0.15) is 26.3 Å². The molecule has 1 N–H and O–H groups in total. The summed E-state index contributed by atoms with van der Waals surface area (Å²) in [6, 6.07) is 10.6. The SMILES string of the molecule is CC(C)(C)OC(=O)Nc1ccnn1-c1ccc(C#N)cc1. The summed E-state index contributed by atoms with van der Waals surface area (Å²) < 4.78 is 6.76. The lowest BCUT2D eigenvalue weighted by Gasteiger charge is -2.19. The minimum atomic E-state index is -0.566. The highest BCUT2D eigenvalue weighted by Crippen LogP contribution is 2.16. The molecule has 0 atom stereocenters. The maximum Gasteiger partial charge on any atom is 0.413 e. The van der Waals surface area contributed by atoms with Gasteiger partial charge in [-0.2, -0.15) is 10.4 Å². The van der Waals surface area contributed by atoms with Crippen LogP contribution >= 0.6 is 0 Å². The van der Waals surface area contributed by atoms with Gasteiger partial charge in [0.15, 0.2) is 0 Å². The van der Waals surface area contributed by atoms with Crippen molar-refractivity contribution in [2.45, 2.75) is 26.4 Å². The molecule has 0 unspecified atom stereocenters. The van der Waals surface area contributed by atoms with Gasteiger partial charge < -0.3 is 4.74 Å². The maximum atomic E-state index is 11.8. The molecule has 0 fully saturated rings. The van der Waals surface area contributed by atoms with Crippen molar-refractivity contribution in [1.82, 2.24) is 9.78 Å². The van der Waals surface area contributed by atoms with Crippen LogP contribution in [0.2, 0.25) is 0 Å². The standard InChI is InChI=1S/C15H16N4O2/c1-15(2,3)21-14(20)18-13-8-9-17-19(13)12-6-4-11(10-16)5-7-12/h4-9H,1-3H3,(H,18,20). The van der Waals surface area contributed by atoms with Crippen molar-refractivity contribution >= 4 is 11.9 Å². The number of carbonyl (C=O) groups is 1. The lowest BCUT2D eigenvalue weighted by molar-refractivity contribution is 0.0635. The number of nitrogens with zero attached hydrogens (tertiary/aromatic N) is 3. The van der Waals surface area contributed by atoms with Crippen molar-refractivity contribution in [2.75, 3.05) is 5.32 Å². The molecule has 21 heavy (non-hydrogen) atoms. The molecule has 0 spiro atoms. The molecule has 0 radical (unpaired) electrons. The van der Waals surface area contributed by atoms with E-state index in [9.17, 15) is 4.79 Å². The van der Waals surface area contributed by atoms with Gasteiger partial charge in [-0.05, 0) is 45.0 Å². The first-order valence-electron chi connectivity index (χ1n) is 6.43. The summed E-state index contributed by atoms with van der Waals surface area (Å²) in [6.07, 6.45) is 1.03. The third-order valence-electron chi connectivity index (χ3n) is 2.51. The van der Waals surface area contributed by atoms with Gasteiger partial charge in [0.05, 0.1) is 23.5 Å². The number of hydrogen-bond donors (Lipinski definition) is 1. The van der Waals surface area contributed by atoms with Crippen LogP contribution in [0.5, 0.6) is 0 Å². The average Bonchev–Trinajstić information content (AvgIpc) is 2.84. The molecule has 6 heteroatoms. The topological polar surface area (TPSA) is 79.9 Å². The fraction of sp³-hybridized carbons (Fsp3) is 0.267. The van der Waals surface area contributed by atoms with Gasteiger partial charge in [-0.25, -0.2) is 9.48 Å². The second-order valence-electron chi connectivity index (χ2n) is 5.41. The Labute approximate surface area is 123 Å². The molecule has 2 aromatic rings. The van der Waals surface area contributed by atoms with E-state index in [1.807, 2.05) is 0 Å². The van der Waals surface area contributed by atoms with Gasteiger partial charge in [-0.15, -0.1) is 0 Å². The fourth-order valence-corrected chi connectivity index (χ4v) is 1.69. The van der Waals surface area contributed by atoms with Crippen LogP contribution in [0.3, 0.4) is 0 Å². The van der Waals surface area contributed by atoms with E-state index in [1.165, 1.54) is 0 Å². The number of carbonyl (C=O) groups excluding carboxylic acids is 1. The molecular weight excluding hydrogens is 268 g/mol. The van der Waals surface area contributed by atoms with Crippen LogP contribution in [-0.2, 0) is 4.74 Å². The molecule has 0 saturated carbocycles. The zero-order valence-corrected chi connectivity index (χ0v) is 12.1. The van der Waals surface area contributed by atoms with Gasteiger partial charge in [0.25, 0.3) is 0 Å². The Morgan fingerprint density at radius 1 is 1.29 bits per heavy atom. The highest BCUT2D eigenvalue weighted by atomic mass is 16.6. The van der Waals surface area contributed by atoms with Gasteiger partial charge in [0, 0.05) is 6.07 Å². The second kappa shape index (κ2) is 5.67. The van der Waals surface area contributed by atoms with Gasteiger partial charge >= 0.3 is 6.09 Å². The summed E-state index contributed by atoms with van der Waals surface area (Å²) in [5.74, 6) is 0.494. The van der Waals surface area contributed by atoms with Crippen LogP contribution in [0, 0.1) is 11.3 Å². The normalized spacial score (nSPS) is 10.8. The first kappa shape index (κ1) is 14.6. The van der Waals surface area contributed by atoms with E-state index in [1.54, 1.807) is 62.0 Å². The highest BCUT2D eigenvalue weighted by Gasteiger charge is 2.17. The smallest absolute Gasteiger partial charge is 0.413 e. The molecule has 1 amide bonds. The molecule has 1 aromatic heterocycles. The van der Waals surface area contributed by atoms with Crippen molar-refractivity contribution in [3.8, 4) is 11.8 Å². The number of anilines is 1. The zero-order chi connectivity index (χ0) is 15.5. The highest BCUT2D eigenvalue weighted by molar-refractivity contribution is 5.84. The lowest BCUT2D eigenvalue weighted by Crippen LogP contribution is -2.27. The minimum absolute atomic E-state index is 0.494. The van der Waals surface area contributed by atoms with E-state index in [0.717, 1.165) is 5.69 Å². The van der Waals surface area contributed by atoms with Crippen LogP contribution in [0.25, 0.3) is 5.69 Å². The van der Waals surface area contributed by atoms with E-state index >= 15 is 0 Å². The Morgan fingerprint density at radius 3 is 2.52 bits per heavy atom. The number of ether oxygens (including phenoxy) is 1. The average molecular weight is 284 g/mol. The molecule has 0 aliphatic rings. The monoisotopic (exact) mass is 284 g/mol. The molecule has 1 aromatic carbocycles. The molecule has 108 valence electrons. The summed E-state index contributed by atoms with van der Waals surface area (Å²) in [4.78, 5) is 11.8. The lowest BCUT2D eigenvalue weighted by atomic mass is 10.2. The predicted octanol–water partition coefficient (Wildman–Crippen LogP) is 3.09. The summed E-state index contributed by atoms with van der Waals surface area (Å²) in [6.45, 7) is 5.39. The third-order valence-corrected chi connectivity index (χ3v) is 2.51. The maximum absolute atomic E-state index is 11.8. The Morgan fingerprint density at radius 2 is 1.95 bits per heavy atom. The van der Waals surface area contributed by atoms with Crippen LogP contribution in [0.15, 0.2) is 36.5 Å². The molecule has 6 nitrogen and oxygen atoms in total. The first-order chi connectivity index (χ1) is 9.89. The van der Waals surface area contributed by atoms with Crippen LogP contribution in [-0.4, -0.2) is 21.5 Å². The summed E-state index contributed by atoms with van der Waals surface area (Å²) in [5, 5.41) is 15.6. The molecule has 0 bridgehead atoms. The zero-order valence-electron chi connectivity index (χ0n) is 12.1. The van der Waals surface area contributed by atoms with Crippen molar-refractivity contribution in [3.63, 3.8) is 0 Å². The van der Waals surface area contributed by atoms with Crippen molar-refractivity contribution in [1.29, 1.82) is 5.26 Å². The number of nitrogens with one attached hydrogen (secondary N) is 1. The molecule has 1 heterocycles. The molecule has 2 rings (SSSR count). The largest absolute Gasteiger partial charge is 0.444 e. The fourth-order valence-electron chi connectivity index (χ4n) is 1.69. The van der Waals surface area contributed by atoms with E-state index in [0.29, 0.717) is 11.4 Å². The van der Waals surface area contributed by atoms with E-state index in [2.05, 4.69) is 16.5 Å². The summed E-state index contributed by atoms with van der Waals surface area (Å²) in [5.41, 5.74) is 0.737.